The Morgan fingerprint density at radius 1 is 0.848 bits per heavy atom. The molecule has 0 radical (unpaired) electrons. The standard InChI is InChI=1S/C37H51Cl3N4O2/c1-3-4-5-6-7-8-9-10-11-12-13-14-15-16-17-18-34(45)41-25-26-42-37(46)35-28(2)36(29-19-21-30(38)22-20-29)44(43-35)33-24-23-31(39)27-32(33)40/h10-11,19-24,27,37,42,46H,3-9,12-18,25-26H2,1-2H3,(H,41,45)/b11-10+. The van der Waals surface area contributed by atoms with Gasteiger partial charge in [0.2, 0.25) is 5.91 Å². The van der Waals surface area contributed by atoms with E-state index >= 15 is 0 Å². The molecule has 0 spiro atoms. The van der Waals surface area contributed by atoms with Crippen molar-refractivity contribution in [3.63, 3.8) is 0 Å². The molecule has 252 valence electrons. The molecule has 3 rings (SSSR count). The number of aliphatic hydroxyl groups is 1. The molecular formula is C37H51Cl3N4O2. The Bertz CT molecular complexity index is 1360. The fourth-order valence-electron chi connectivity index (χ4n) is 5.50. The molecule has 1 atom stereocenters. The van der Waals surface area contributed by atoms with E-state index in [1.807, 2.05) is 31.2 Å². The van der Waals surface area contributed by atoms with E-state index in [0.29, 0.717) is 46.0 Å². The molecule has 6 nitrogen and oxygen atoms in total. The molecule has 3 aromatic rings. The van der Waals surface area contributed by atoms with E-state index in [1.54, 1.807) is 22.9 Å². The van der Waals surface area contributed by atoms with Crippen molar-refractivity contribution < 1.29 is 9.90 Å². The minimum Gasteiger partial charge on any atom is -0.373 e. The van der Waals surface area contributed by atoms with Gasteiger partial charge in [0, 0.05) is 40.7 Å². The molecule has 46 heavy (non-hydrogen) atoms. The van der Waals surface area contributed by atoms with Crippen molar-refractivity contribution in [3.05, 3.63) is 80.9 Å². The zero-order chi connectivity index (χ0) is 33.1. The number of carbonyl (C=O) groups excluding carboxylic acids is 1. The van der Waals surface area contributed by atoms with Crippen LogP contribution in [-0.4, -0.2) is 33.9 Å². The molecule has 0 bridgehead atoms. The smallest absolute Gasteiger partial charge is 0.220 e. The first kappa shape index (κ1) is 38.1. The van der Waals surface area contributed by atoms with Crippen molar-refractivity contribution in [2.45, 2.75) is 110 Å². The highest BCUT2D eigenvalue weighted by atomic mass is 35.5. The predicted octanol–water partition coefficient (Wildman–Crippen LogP) is 10.5. The summed E-state index contributed by atoms with van der Waals surface area (Å²) in [6.07, 6.45) is 20.2. The second-order valence-corrected chi connectivity index (χ2v) is 13.2. The molecule has 1 unspecified atom stereocenters. The number of unbranched alkanes of at least 4 members (excludes halogenated alkanes) is 11. The minimum atomic E-state index is -1.04. The maximum absolute atomic E-state index is 12.3. The summed E-state index contributed by atoms with van der Waals surface area (Å²) in [4.78, 5) is 12.3. The van der Waals surface area contributed by atoms with Crippen LogP contribution in [0.5, 0.6) is 0 Å². The number of nitrogens with zero attached hydrogens (tertiary/aromatic N) is 2. The molecule has 1 amide bonds. The molecule has 0 saturated heterocycles. The summed E-state index contributed by atoms with van der Waals surface area (Å²) in [6.45, 7) is 4.97. The summed E-state index contributed by atoms with van der Waals surface area (Å²) < 4.78 is 1.72. The van der Waals surface area contributed by atoms with Gasteiger partial charge in [-0.05, 0) is 69.4 Å². The lowest BCUT2D eigenvalue weighted by atomic mass is 10.1. The van der Waals surface area contributed by atoms with Gasteiger partial charge in [-0.1, -0.05) is 117 Å². The van der Waals surface area contributed by atoms with Crippen LogP contribution in [-0.2, 0) is 4.79 Å². The number of benzene rings is 2. The third-order valence-corrected chi connectivity index (χ3v) is 8.91. The zero-order valence-electron chi connectivity index (χ0n) is 27.5. The number of hydrogen-bond acceptors (Lipinski definition) is 4. The Labute approximate surface area is 290 Å². The summed E-state index contributed by atoms with van der Waals surface area (Å²) in [6, 6.07) is 12.6. The monoisotopic (exact) mass is 688 g/mol. The van der Waals surface area contributed by atoms with E-state index in [2.05, 4.69) is 29.7 Å². The topological polar surface area (TPSA) is 79.2 Å². The lowest BCUT2D eigenvalue weighted by molar-refractivity contribution is -0.121. The van der Waals surface area contributed by atoms with E-state index in [0.717, 1.165) is 42.5 Å². The predicted molar refractivity (Wildman–Crippen MR) is 194 cm³/mol. The second-order valence-electron chi connectivity index (χ2n) is 11.9. The van der Waals surface area contributed by atoms with Gasteiger partial charge >= 0.3 is 0 Å². The third-order valence-electron chi connectivity index (χ3n) is 8.12. The molecule has 0 aliphatic carbocycles. The van der Waals surface area contributed by atoms with E-state index in [4.69, 9.17) is 39.9 Å². The minimum absolute atomic E-state index is 0.0387. The molecule has 9 heteroatoms. The third kappa shape index (κ3) is 13.0. The summed E-state index contributed by atoms with van der Waals surface area (Å²) in [5, 5.41) is 23.4. The molecule has 0 aliphatic heterocycles. The fourth-order valence-corrected chi connectivity index (χ4v) is 6.11. The van der Waals surface area contributed by atoms with Gasteiger partial charge in [0.25, 0.3) is 0 Å². The van der Waals surface area contributed by atoms with Gasteiger partial charge in [-0.3, -0.25) is 10.1 Å². The number of rotatable bonds is 22. The lowest BCUT2D eigenvalue weighted by Crippen LogP contribution is -2.33. The number of nitrogens with one attached hydrogen (secondary N) is 2. The van der Waals surface area contributed by atoms with Crippen molar-refractivity contribution >= 4 is 40.7 Å². The Morgan fingerprint density at radius 3 is 2.11 bits per heavy atom. The quantitative estimate of drug-likeness (QED) is 0.0557. The molecule has 0 saturated carbocycles. The normalized spacial score (nSPS) is 12.2. The Kier molecular flexibility index (Phi) is 17.8. The van der Waals surface area contributed by atoms with E-state index < -0.39 is 6.23 Å². The fraction of sp³-hybridized carbons (Fsp3) is 0.514. The maximum atomic E-state index is 12.3. The molecule has 0 aliphatic rings. The molecule has 1 aromatic heterocycles. The van der Waals surface area contributed by atoms with E-state index in [9.17, 15) is 9.90 Å². The summed E-state index contributed by atoms with van der Waals surface area (Å²) in [5.41, 5.74) is 3.56. The average molecular weight is 690 g/mol. The highest BCUT2D eigenvalue weighted by Gasteiger charge is 2.23. The number of halogens is 3. The number of carbonyl (C=O) groups is 1. The number of allylic oxidation sites excluding steroid dienone is 2. The van der Waals surface area contributed by atoms with Crippen molar-refractivity contribution in [3.8, 4) is 16.9 Å². The highest BCUT2D eigenvalue weighted by Crippen LogP contribution is 2.34. The van der Waals surface area contributed by atoms with E-state index in [-0.39, 0.29) is 5.91 Å². The van der Waals surface area contributed by atoms with Crippen LogP contribution in [0.25, 0.3) is 16.9 Å². The van der Waals surface area contributed by atoms with Crippen LogP contribution >= 0.6 is 34.8 Å². The lowest BCUT2D eigenvalue weighted by Gasteiger charge is -2.12. The first-order chi connectivity index (χ1) is 22.3. The average Bonchev–Trinajstić information content (AvgIpc) is 3.38. The van der Waals surface area contributed by atoms with Crippen LogP contribution in [0.1, 0.15) is 114 Å². The Balaban J connectivity index is 1.36. The Morgan fingerprint density at radius 2 is 1.46 bits per heavy atom. The second kappa shape index (κ2) is 21.5. The van der Waals surface area contributed by atoms with Gasteiger partial charge in [-0.25, -0.2) is 4.68 Å². The van der Waals surface area contributed by atoms with Crippen LogP contribution in [0, 0.1) is 6.92 Å². The largest absolute Gasteiger partial charge is 0.373 e. The van der Waals surface area contributed by atoms with E-state index in [1.165, 1.54) is 57.8 Å². The summed E-state index contributed by atoms with van der Waals surface area (Å²) in [5.74, 6) is 0.0387. The molecule has 3 N–H and O–H groups in total. The summed E-state index contributed by atoms with van der Waals surface area (Å²) in [7, 11) is 0. The first-order valence-corrected chi connectivity index (χ1v) is 18.1. The van der Waals surface area contributed by atoms with Gasteiger partial charge in [0.1, 0.15) is 11.9 Å². The van der Waals surface area contributed by atoms with Gasteiger partial charge < -0.3 is 10.4 Å². The van der Waals surface area contributed by atoms with Crippen LogP contribution < -0.4 is 10.6 Å². The number of hydrogen-bond donors (Lipinski definition) is 3. The van der Waals surface area contributed by atoms with Gasteiger partial charge in [0.05, 0.1) is 16.4 Å². The van der Waals surface area contributed by atoms with Crippen molar-refractivity contribution in [1.82, 2.24) is 20.4 Å². The van der Waals surface area contributed by atoms with Crippen molar-refractivity contribution in [1.29, 1.82) is 0 Å². The molecule has 2 aromatic carbocycles. The van der Waals surface area contributed by atoms with Gasteiger partial charge in [-0.2, -0.15) is 5.10 Å². The number of aliphatic hydroxyl groups excluding tert-OH is 1. The van der Waals surface area contributed by atoms with Crippen LogP contribution in [0.4, 0.5) is 0 Å². The van der Waals surface area contributed by atoms with Crippen LogP contribution in [0.3, 0.4) is 0 Å². The summed E-state index contributed by atoms with van der Waals surface area (Å²) >= 11 is 18.8. The molecular weight excluding hydrogens is 639 g/mol. The van der Waals surface area contributed by atoms with Crippen LogP contribution in [0.15, 0.2) is 54.6 Å². The molecule has 1 heterocycles. The van der Waals surface area contributed by atoms with Crippen LogP contribution in [0.2, 0.25) is 15.1 Å². The highest BCUT2D eigenvalue weighted by molar-refractivity contribution is 6.35. The zero-order valence-corrected chi connectivity index (χ0v) is 29.7. The van der Waals surface area contributed by atoms with Crippen molar-refractivity contribution in [2.24, 2.45) is 0 Å². The number of amides is 1. The number of aromatic nitrogens is 2. The SMILES string of the molecule is CCCCCCCC/C=C/CCCCCCCC(=O)NCCNC(O)c1nn(-c2ccc(Cl)cc2Cl)c(-c2ccc(Cl)cc2)c1C. The maximum Gasteiger partial charge on any atom is 0.220 e. The Hall–Kier alpha value is -2.35. The van der Waals surface area contributed by atoms with Gasteiger partial charge in [0.15, 0.2) is 0 Å². The van der Waals surface area contributed by atoms with Crippen molar-refractivity contribution in [2.75, 3.05) is 13.1 Å². The van der Waals surface area contributed by atoms with Gasteiger partial charge in [-0.15, -0.1) is 0 Å². The molecule has 0 fully saturated rings. The first-order valence-electron chi connectivity index (χ1n) is 17.0.